The first kappa shape index (κ1) is 9.96. The Bertz CT molecular complexity index is 138. The van der Waals surface area contributed by atoms with E-state index in [2.05, 4.69) is 17.1 Å². The van der Waals surface area contributed by atoms with Crippen molar-refractivity contribution in [3.8, 4) is 0 Å². The summed E-state index contributed by atoms with van der Waals surface area (Å²) >= 11 is 0. The molecule has 3 nitrogen and oxygen atoms in total. The lowest BCUT2D eigenvalue weighted by atomic mass is 10.1. The molecule has 0 aliphatic carbocycles. The molecule has 0 radical (unpaired) electrons. The fourth-order valence-electron chi connectivity index (χ4n) is 1.53. The summed E-state index contributed by atoms with van der Waals surface area (Å²) in [4.78, 5) is 2.33. The number of nitrogens with one attached hydrogen (secondary N) is 1. The minimum atomic E-state index is -0.564. The van der Waals surface area contributed by atoms with Gasteiger partial charge in [-0.2, -0.15) is 0 Å². The molecule has 2 N–H and O–H groups in total. The van der Waals surface area contributed by atoms with E-state index in [9.17, 15) is 5.11 Å². The molecule has 0 atom stereocenters. The molecular weight excluding hydrogens is 152 g/mol. The fraction of sp³-hybridized carbons (Fsp3) is 1.00. The highest BCUT2D eigenvalue weighted by molar-refractivity contribution is 4.86. The number of aliphatic hydroxyl groups is 1. The largest absolute Gasteiger partial charge is 0.389 e. The van der Waals surface area contributed by atoms with Crippen molar-refractivity contribution in [2.45, 2.75) is 32.4 Å². The molecule has 72 valence electrons. The third-order valence-electron chi connectivity index (χ3n) is 2.27. The van der Waals surface area contributed by atoms with Gasteiger partial charge in [-0.05, 0) is 20.4 Å². The van der Waals surface area contributed by atoms with E-state index in [4.69, 9.17) is 0 Å². The van der Waals surface area contributed by atoms with Crippen LogP contribution in [0, 0.1) is 0 Å². The quantitative estimate of drug-likeness (QED) is 0.629. The lowest BCUT2D eigenvalue weighted by Crippen LogP contribution is -2.59. The summed E-state index contributed by atoms with van der Waals surface area (Å²) in [5.74, 6) is 0. The molecule has 1 rings (SSSR count). The Morgan fingerprint density at radius 3 is 2.33 bits per heavy atom. The molecule has 1 aliphatic rings. The van der Waals surface area contributed by atoms with E-state index in [-0.39, 0.29) is 0 Å². The van der Waals surface area contributed by atoms with Gasteiger partial charge in [0.15, 0.2) is 0 Å². The summed E-state index contributed by atoms with van der Waals surface area (Å²) < 4.78 is 0. The normalized spacial score (nSPS) is 19.8. The minimum Gasteiger partial charge on any atom is -0.389 e. The summed E-state index contributed by atoms with van der Waals surface area (Å²) in [6.45, 7) is 9.81. The van der Waals surface area contributed by atoms with Gasteiger partial charge in [-0.25, -0.2) is 0 Å². The molecule has 12 heavy (non-hydrogen) atoms. The zero-order chi connectivity index (χ0) is 9.19. The van der Waals surface area contributed by atoms with Gasteiger partial charge >= 0.3 is 0 Å². The third-order valence-corrected chi connectivity index (χ3v) is 2.27. The van der Waals surface area contributed by atoms with Crippen molar-refractivity contribution in [3.63, 3.8) is 0 Å². The third kappa shape index (κ3) is 2.73. The van der Waals surface area contributed by atoms with Crippen LogP contribution in [-0.2, 0) is 0 Å². The Kier molecular flexibility index (Phi) is 3.09. The lowest BCUT2D eigenvalue weighted by molar-refractivity contribution is 0.0133. The van der Waals surface area contributed by atoms with Gasteiger partial charge < -0.3 is 10.4 Å². The maximum Gasteiger partial charge on any atom is 0.0718 e. The van der Waals surface area contributed by atoms with E-state index in [1.165, 1.54) is 0 Å². The molecular formula is C9H20N2O. The van der Waals surface area contributed by atoms with Gasteiger partial charge in [0.1, 0.15) is 0 Å². The van der Waals surface area contributed by atoms with Gasteiger partial charge in [0.05, 0.1) is 5.60 Å². The second kappa shape index (κ2) is 3.73. The van der Waals surface area contributed by atoms with Crippen LogP contribution in [0.3, 0.4) is 0 Å². The molecule has 1 saturated heterocycles. The van der Waals surface area contributed by atoms with E-state index in [0.29, 0.717) is 6.04 Å². The van der Waals surface area contributed by atoms with Gasteiger partial charge in [0.25, 0.3) is 0 Å². The standard InChI is InChI=1S/C9H20N2O/c1-4-11(7-9(2,3)12)8-5-10-6-8/h8,10,12H,4-7H2,1-3H3. The smallest absolute Gasteiger partial charge is 0.0718 e. The first-order chi connectivity index (χ1) is 5.53. The van der Waals surface area contributed by atoms with E-state index >= 15 is 0 Å². The van der Waals surface area contributed by atoms with Crippen LogP contribution in [0.1, 0.15) is 20.8 Å². The van der Waals surface area contributed by atoms with Crippen LogP contribution in [0.5, 0.6) is 0 Å². The molecule has 0 saturated carbocycles. The predicted molar refractivity (Wildman–Crippen MR) is 50.2 cm³/mol. The first-order valence-corrected chi connectivity index (χ1v) is 4.70. The zero-order valence-corrected chi connectivity index (χ0v) is 8.30. The molecule has 1 aliphatic heterocycles. The van der Waals surface area contributed by atoms with E-state index in [1.54, 1.807) is 0 Å². The SMILES string of the molecule is CCN(CC(C)(C)O)C1CNC1. The molecule has 0 aromatic heterocycles. The summed E-state index contributed by atoms with van der Waals surface area (Å²) in [6.07, 6.45) is 0. The van der Waals surface area contributed by atoms with Crippen molar-refractivity contribution in [3.05, 3.63) is 0 Å². The Balaban J connectivity index is 2.34. The number of nitrogens with zero attached hydrogens (tertiary/aromatic N) is 1. The maximum atomic E-state index is 9.63. The van der Waals surface area contributed by atoms with Crippen LogP contribution >= 0.6 is 0 Å². The van der Waals surface area contributed by atoms with Gasteiger partial charge in [0, 0.05) is 25.7 Å². The van der Waals surface area contributed by atoms with Crippen LogP contribution in [0.4, 0.5) is 0 Å². The number of rotatable bonds is 4. The van der Waals surface area contributed by atoms with E-state index < -0.39 is 5.60 Å². The van der Waals surface area contributed by atoms with Crippen LogP contribution in [0.25, 0.3) is 0 Å². The summed E-state index contributed by atoms with van der Waals surface area (Å²) in [5.41, 5.74) is -0.564. The van der Waals surface area contributed by atoms with Gasteiger partial charge in [-0.15, -0.1) is 0 Å². The Morgan fingerprint density at radius 2 is 2.08 bits per heavy atom. The lowest BCUT2D eigenvalue weighted by Gasteiger charge is -2.40. The Hall–Kier alpha value is -0.120. The Morgan fingerprint density at radius 1 is 1.50 bits per heavy atom. The van der Waals surface area contributed by atoms with Crippen molar-refractivity contribution < 1.29 is 5.11 Å². The minimum absolute atomic E-state index is 0.564. The molecule has 1 heterocycles. The molecule has 1 fully saturated rings. The molecule has 0 bridgehead atoms. The number of hydrogen-bond donors (Lipinski definition) is 2. The van der Waals surface area contributed by atoms with Crippen LogP contribution in [0.15, 0.2) is 0 Å². The highest BCUT2D eigenvalue weighted by Gasteiger charge is 2.27. The molecule has 3 heteroatoms. The molecule has 0 spiro atoms. The Labute approximate surface area is 74.8 Å². The topological polar surface area (TPSA) is 35.5 Å². The summed E-state index contributed by atoms with van der Waals surface area (Å²) in [5, 5.41) is 12.9. The molecule has 0 amide bonds. The van der Waals surface area contributed by atoms with Crippen LogP contribution in [0.2, 0.25) is 0 Å². The average Bonchev–Trinajstić information content (AvgIpc) is 1.79. The van der Waals surface area contributed by atoms with Crippen molar-refractivity contribution in [2.75, 3.05) is 26.2 Å². The number of likely N-dealkylation sites (N-methyl/N-ethyl adjacent to an activating group) is 1. The second-order valence-electron chi connectivity index (χ2n) is 4.19. The molecule has 0 aromatic rings. The van der Waals surface area contributed by atoms with Crippen LogP contribution in [-0.4, -0.2) is 47.8 Å². The second-order valence-corrected chi connectivity index (χ2v) is 4.19. The van der Waals surface area contributed by atoms with Crippen molar-refractivity contribution in [1.29, 1.82) is 0 Å². The maximum absolute atomic E-state index is 9.63. The van der Waals surface area contributed by atoms with Gasteiger partial charge in [-0.1, -0.05) is 6.92 Å². The zero-order valence-electron chi connectivity index (χ0n) is 8.30. The van der Waals surface area contributed by atoms with Crippen LogP contribution < -0.4 is 5.32 Å². The van der Waals surface area contributed by atoms with Gasteiger partial charge in [-0.3, -0.25) is 4.90 Å². The fourth-order valence-corrected chi connectivity index (χ4v) is 1.53. The van der Waals surface area contributed by atoms with E-state index in [0.717, 1.165) is 26.2 Å². The highest BCUT2D eigenvalue weighted by Crippen LogP contribution is 2.10. The average molecular weight is 172 g/mol. The molecule has 0 aromatic carbocycles. The monoisotopic (exact) mass is 172 g/mol. The highest BCUT2D eigenvalue weighted by atomic mass is 16.3. The van der Waals surface area contributed by atoms with Crippen molar-refractivity contribution >= 4 is 0 Å². The number of hydrogen-bond acceptors (Lipinski definition) is 3. The predicted octanol–water partition coefficient (Wildman–Crippen LogP) is 0.0510. The van der Waals surface area contributed by atoms with Crippen molar-refractivity contribution in [1.82, 2.24) is 10.2 Å². The summed E-state index contributed by atoms with van der Waals surface area (Å²) in [7, 11) is 0. The van der Waals surface area contributed by atoms with E-state index in [1.807, 2.05) is 13.8 Å². The van der Waals surface area contributed by atoms with Crippen molar-refractivity contribution in [2.24, 2.45) is 0 Å². The van der Waals surface area contributed by atoms with Gasteiger partial charge in [0.2, 0.25) is 0 Å². The summed E-state index contributed by atoms with van der Waals surface area (Å²) in [6, 6.07) is 0.640. The molecule has 0 unspecified atom stereocenters. The first-order valence-electron chi connectivity index (χ1n) is 4.70.